The third-order valence-corrected chi connectivity index (χ3v) is 1.57. The zero-order valence-electron chi connectivity index (χ0n) is 6.87. The number of carbonyl (C=O) groups excluding carboxylic acids is 1. The van der Waals surface area contributed by atoms with Gasteiger partial charge in [0.1, 0.15) is 12.1 Å². The van der Waals surface area contributed by atoms with Crippen molar-refractivity contribution in [3.05, 3.63) is 17.7 Å². The predicted molar refractivity (Wildman–Crippen MR) is 42.4 cm³/mol. The molecule has 0 aliphatic carbocycles. The highest BCUT2D eigenvalue weighted by Gasteiger charge is 2.00. The summed E-state index contributed by atoms with van der Waals surface area (Å²) in [5.41, 5.74) is 0.976. The van der Waals surface area contributed by atoms with Crippen LogP contribution in [-0.2, 0) is 17.8 Å². The molecule has 0 aromatic carbocycles. The molecule has 3 heteroatoms. The van der Waals surface area contributed by atoms with Gasteiger partial charge in [-0.1, -0.05) is 6.92 Å². The maximum atomic E-state index is 10.2. The Hall–Kier alpha value is -1.12. The second-order valence-electron chi connectivity index (χ2n) is 2.47. The molecule has 0 aliphatic rings. The van der Waals surface area contributed by atoms with Crippen molar-refractivity contribution >= 4 is 6.29 Å². The summed E-state index contributed by atoms with van der Waals surface area (Å²) >= 11 is 0. The molecule has 0 saturated carbocycles. The zero-order valence-corrected chi connectivity index (χ0v) is 6.87. The molecule has 0 amide bonds. The number of hydrogen-bond acceptors (Lipinski definition) is 2. The molecule has 60 valence electrons. The first-order valence-electron chi connectivity index (χ1n) is 3.74. The van der Waals surface area contributed by atoms with Crippen LogP contribution in [0.4, 0.5) is 0 Å². The van der Waals surface area contributed by atoms with E-state index in [0.29, 0.717) is 6.54 Å². The highest BCUT2D eigenvalue weighted by atomic mass is 16.1. The van der Waals surface area contributed by atoms with Gasteiger partial charge >= 0.3 is 0 Å². The van der Waals surface area contributed by atoms with Crippen molar-refractivity contribution in [2.24, 2.45) is 0 Å². The average molecular weight is 152 g/mol. The van der Waals surface area contributed by atoms with Crippen molar-refractivity contribution in [3.8, 4) is 0 Å². The maximum absolute atomic E-state index is 10.2. The van der Waals surface area contributed by atoms with Gasteiger partial charge in [-0.3, -0.25) is 0 Å². The Kier molecular flexibility index (Phi) is 2.41. The van der Waals surface area contributed by atoms with E-state index in [2.05, 4.69) is 4.98 Å². The normalized spacial score (nSPS) is 10.0. The minimum Gasteiger partial charge on any atom is -0.328 e. The fourth-order valence-electron chi connectivity index (χ4n) is 1.12. The number of aldehydes is 1. The molecule has 0 fully saturated rings. The van der Waals surface area contributed by atoms with Crippen LogP contribution in [0.3, 0.4) is 0 Å². The van der Waals surface area contributed by atoms with Crippen LogP contribution in [0.5, 0.6) is 0 Å². The van der Waals surface area contributed by atoms with Gasteiger partial charge in [-0.25, -0.2) is 4.98 Å². The van der Waals surface area contributed by atoms with Crippen molar-refractivity contribution in [1.82, 2.24) is 9.55 Å². The third-order valence-electron chi connectivity index (χ3n) is 1.57. The lowest BCUT2D eigenvalue weighted by Gasteiger charge is -1.98. The minimum absolute atomic E-state index is 0.421. The molecular weight excluding hydrogens is 140 g/mol. The first-order valence-corrected chi connectivity index (χ1v) is 3.74. The van der Waals surface area contributed by atoms with Gasteiger partial charge in [0.2, 0.25) is 0 Å². The Balaban J connectivity index is 2.91. The topological polar surface area (TPSA) is 34.9 Å². The standard InChI is InChI=1S/C8H12N2O/c1-3-8-9-7(2)6-10(8)4-5-11/h5-6H,3-4H2,1-2H3. The molecule has 0 unspecified atom stereocenters. The fourth-order valence-corrected chi connectivity index (χ4v) is 1.12. The first kappa shape index (κ1) is 7.98. The van der Waals surface area contributed by atoms with E-state index in [0.717, 1.165) is 24.2 Å². The molecule has 0 saturated heterocycles. The highest BCUT2D eigenvalue weighted by Crippen LogP contribution is 2.01. The number of hydrogen-bond donors (Lipinski definition) is 0. The number of aromatic nitrogens is 2. The quantitative estimate of drug-likeness (QED) is 0.604. The van der Waals surface area contributed by atoms with E-state index in [1.54, 1.807) is 0 Å². The Bertz CT molecular complexity index is 253. The molecule has 1 aromatic rings. The van der Waals surface area contributed by atoms with Crippen LogP contribution >= 0.6 is 0 Å². The monoisotopic (exact) mass is 152 g/mol. The number of nitrogens with zero attached hydrogens (tertiary/aromatic N) is 2. The lowest BCUT2D eigenvalue weighted by molar-refractivity contribution is -0.108. The molecule has 1 aromatic heterocycles. The second kappa shape index (κ2) is 3.32. The van der Waals surface area contributed by atoms with E-state index < -0.39 is 0 Å². The van der Waals surface area contributed by atoms with Gasteiger partial charge in [-0.15, -0.1) is 0 Å². The van der Waals surface area contributed by atoms with Crippen LogP contribution in [0.25, 0.3) is 0 Å². The molecular formula is C8H12N2O. The van der Waals surface area contributed by atoms with Gasteiger partial charge in [0.25, 0.3) is 0 Å². The minimum atomic E-state index is 0.421. The Morgan fingerprint density at radius 2 is 2.45 bits per heavy atom. The second-order valence-corrected chi connectivity index (χ2v) is 2.47. The van der Waals surface area contributed by atoms with Gasteiger partial charge in [0.15, 0.2) is 0 Å². The van der Waals surface area contributed by atoms with E-state index in [1.165, 1.54) is 0 Å². The van der Waals surface area contributed by atoms with Crippen molar-refractivity contribution in [1.29, 1.82) is 0 Å². The molecule has 11 heavy (non-hydrogen) atoms. The van der Waals surface area contributed by atoms with E-state index in [9.17, 15) is 4.79 Å². The molecule has 0 spiro atoms. The molecule has 0 bridgehead atoms. The SMILES string of the molecule is CCc1nc(C)cn1CC=O. The average Bonchev–Trinajstić information content (AvgIpc) is 2.32. The number of imidazole rings is 1. The highest BCUT2D eigenvalue weighted by molar-refractivity contribution is 5.49. The van der Waals surface area contributed by atoms with Gasteiger partial charge in [0, 0.05) is 12.6 Å². The van der Waals surface area contributed by atoms with Crippen molar-refractivity contribution in [2.75, 3.05) is 0 Å². The zero-order chi connectivity index (χ0) is 8.27. The molecule has 0 radical (unpaired) electrons. The fraction of sp³-hybridized carbons (Fsp3) is 0.500. The number of carbonyl (C=O) groups is 1. The van der Waals surface area contributed by atoms with Crippen molar-refractivity contribution in [3.63, 3.8) is 0 Å². The number of aryl methyl sites for hydroxylation is 2. The summed E-state index contributed by atoms with van der Waals surface area (Å²) in [5, 5.41) is 0. The largest absolute Gasteiger partial charge is 0.328 e. The lowest BCUT2D eigenvalue weighted by atomic mass is 10.4. The Morgan fingerprint density at radius 3 is 3.00 bits per heavy atom. The van der Waals surface area contributed by atoms with Crippen LogP contribution in [0.15, 0.2) is 6.20 Å². The van der Waals surface area contributed by atoms with Crippen LogP contribution in [0, 0.1) is 6.92 Å². The first-order chi connectivity index (χ1) is 5.27. The Morgan fingerprint density at radius 1 is 1.73 bits per heavy atom. The van der Waals surface area contributed by atoms with Crippen LogP contribution in [-0.4, -0.2) is 15.8 Å². The van der Waals surface area contributed by atoms with Crippen molar-refractivity contribution < 1.29 is 4.79 Å². The summed E-state index contributed by atoms with van der Waals surface area (Å²) in [4.78, 5) is 14.5. The van der Waals surface area contributed by atoms with Crippen LogP contribution < -0.4 is 0 Å². The summed E-state index contributed by atoms with van der Waals surface area (Å²) < 4.78 is 1.88. The maximum Gasteiger partial charge on any atom is 0.139 e. The van der Waals surface area contributed by atoms with Gasteiger partial charge in [-0.2, -0.15) is 0 Å². The summed E-state index contributed by atoms with van der Waals surface area (Å²) in [7, 11) is 0. The number of rotatable bonds is 3. The van der Waals surface area contributed by atoms with Gasteiger partial charge in [-0.05, 0) is 6.92 Å². The molecule has 1 heterocycles. The molecule has 0 N–H and O–H groups in total. The molecule has 1 rings (SSSR count). The third kappa shape index (κ3) is 1.67. The summed E-state index contributed by atoms with van der Waals surface area (Å²) in [6.45, 7) is 4.38. The van der Waals surface area contributed by atoms with Crippen LogP contribution in [0.2, 0.25) is 0 Å². The lowest BCUT2D eigenvalue weighted by Crippen LogP contribution is -2.02. The molecule has 0 atom stereocenters. The summed E-state index contributed by atoms with van der Waals surface area (Å²) in [6.07, 6.45) is 3.66. The smallest absolute Gasteiger partial charge is 0.139 e. The van der Waals surface area contributed by atoms with Gasteiger partial charge in [0.05, 0.1) is 12.2 Å². The van der Waals surface area contributed by atoms with E-state index in [1.807, 2.05) is 24.6 Å². The predicted octanol–water partition coefficient (Wildman–Crippen LogP) is 0.953. The Labute approximate surface area is 66.1 Å². The van der Waals surface area contributed by atoms with E-state index in [-0.39, 0.29) is 0 Å². The molecule has 3 nitrogen and oxygen atoms in total. The summed E-state index contributed by atoms with van der Waals surface area (Å²) in [6, 6.07) is 0. The van der Waals surface area contributed by atoms with E-state index >= 15 is 0 Å². The van der Waals surface area contributed by atoms with Gasteiger partial charge < -0.3 is 9.36 Å². The van der Waals surface area contributed by atoms with Crippen molar-refractivity contribution in [2.45, 2.75) is 26.8 Å². The summed E-state index contributed by atoms with van der Waals surface area (Å²) in [5.74, 6) is 0.981. The van der Waals surface area contributed by atoms with E-state index in [4.69, 9.17) is 0 Å². The van der Waals surface area contributed by atoms with Crippen LogP contribution in [0.1, 0.15) is 18.4 Å². The molecule has 0 aliphatic heterocycles.